The standard InChI is InChI=1S/C19H20ClNO4S/c1-24-16-7-6-12(8-17(16)25-2)10-21-15(19(22)23)11-26-18(21)13-4-3-5-14(20)9-13/h3-9,15,18H,10-11H2,1-2H3,(H,22,23). The molecule has 1 fully saturated rings. The molecule has 7 heteroatoms. The van der Waals surface area contributed by atoms with Crippen molar-refractivity contribution in [1.29, 1.82) is 0 Å². The van der Waals surface area contributed by atoms with Gasteiger partial charge in [-0.05, 0) is 35.4 Å². The average molecular weight is 394 g/mol. The summed E-state index contributed by atoms with van der Waals surface area (Å²) in [6.07, 6.45) is 0. The van der Waals surface area contributed by atoms with Gasteiger partial charge in [-0.1, -0.05) is 29.8 Å². The lowest BCUT2D eigenvalue weighted by Crippen LogP contribution is -2.38. The van der Waals surface area contributed by atoms with Crippen LogP contribution in [0.25, 0.3) is 0 Å². The van der Waals surface area contributed by atoms with Crippen molar-refractivity contribution in [3.8, 4) is 11.5 Å². The van der Waals surface area contributed by atoms with Crippen LogP contribution in [-0.4, -0.2) is 42.0 Å². The molecule has 1 saturated heterocycles. The lowest BCUT2D eigenvalue weighted by molar-refractivity contribution is -0.142. The topological polar surface area (TPSA) is 59.0 Å². The summed E-state index contributed by atoms with van der Waals surface area (Å²) in [6.45, 7) is 0.488. The Bertz CT molecular complexity index is 801. The number of hydrogen-bond donors (Lipinski definition) is 1. The van der Waals surface area contributed by atoms with E-state index >= 15 is 0 Å². The second-order valence-corrected chi connectivity index (χ2v) is 7.51. The Morgan fingerprint density at radius 2 is 2.00 bits per heavy atom. The number of hydrogen-bond acceptors (Lipinski definition) is 5. The second kappa shape index (κ2) is 8.20. The van der Waals surface area contributed by atoms with Crippen LogP contribution >= 0.6 is 23.4 Å². The van der Waals surface area contributed by atoms with E-state index in [-0.39, 0.29) is 5.37 Å². The second-order valence-electron chi connectivity index (χ2n) is 5.96. The van der Waals surface area contributed by atoms with Gasteiger partial charge in [-0.15, -0.1) is 11.8 Å². The zero-order valence-electron chi connectivity index (χ0n) is 14.5. The first-order valence-corrected chi connectivity index (χ1v) is 9.52. The first-order chi connectivity index (χ1) is 12.5. The Morgan fingerprint density at radius 1 is 1.23 bits per heavy atom. The molecule has 1 N–H and O–H groups in total. The Morgan fingerprint density at radius 3 is 2.65 bits per heavy atom. The molecule has 0 spiro atoms. The van der Waals surface area contributed by atoms with Crippen LogP contribution in [0.3, 0.4) is 0 Å². The summed E-state index contributed by atoms with van der Waals surface area (Å²) in [7, 11) is 3.17. The van der Waals surface area contributed by atoms with Gasteiger partial charge in [0.15, 0.2) is 11.5 Å². The number of halogens is 1. The maximum absolute atomic E-state index is 11.7. The highest BCUT2D eigenvalue weighted by Gasteiger charge is 2.39. The van der Waals surface area contributed by atoms with Crippen LogP contribution < -0.4 is 9.47 Å². The molecule has 0 aromatic heterocycles. The third-order valence-electron chi connectivity index (χ3n) is 4.35. The van der Waals surface area contributed by atoms with Crippen molar-refractivity contribution >= 4 is 29.3 Å². The predicted molar refractivity (Wildman–Crippen MR) is 103 cm³/mol. The lowest BCUT2D eigenvalue weighted by atomic mass is 10.1. The molecule has 26 heavy (non-hydrogen) atoms. The van der Waals surface area contributed by atoms with Crippen LogP contribution in [0.15, 0.2) is 42.5 Å². The number of nitrogens with zero attached hydrogens (tertiary/aromatic N) is 1. The average Bonchev–Trinajstić information content (AvgIpc) is 3.05. The summed E-state index contributed by atoms with van der Waals surface area (Å²) in [5.41, 5.74) is 1.97. The van der Waals surface area contributed by atoms with E-state index in [0.29, 0.717) is 28.8 Å². The van der Waals surface area contributed by atoms with E-state index in [9.17, 15) is 9.90 Å². The van der Waals surface area contributed by atoms with E-state index in [1.165, 1.54) is 0 Å². The van der Waals surface area contributed by atoms with Gasteiger partial charge in [-0.25, -0.2) is 0 Å². The van der Waals surface area contributed by atoms with E-state index < -0.39 is 12.0 Å². The number of aliphatic carboxylic acids is 1. The SMILES string of the molecule is COc1ccc(CN2C(C(=O)O)CSC2c2cccc(Cl)c2)cc1OC. The lowest BCUT2D eigenvalue weighted by Gasteiger charge is -2.27. The van der Waals surface area contributed by atoms with Gasteiger partial charge in [-0.2, -0.15) is 0 Å². The predicted octanol–water partition coefficient (Wildman–Crippen LogP) is 4.06. The number of carboxylic acid groups (broad SMARTS) is 1. The van der Waals surface area contributed by atoms with Crippen molar-refractivity contribution in [3.63, 3.8) is 0 Å². The number of rotatable bonds is 6. The number of ether oxygens (including phenoxy) is 2. The van der Waals surface area contributed by atoms with Crippen LogP contribution in [0.1, 0.15) is 16.5 Å². The molecule has 0 aliphatic carbocycles. The smallest absolute Gasteiger partial charge is 0.321 e. The first kappa shape index (κ1) is 18.9. The minimum atomic E-state index is -0.817. The highest BCUT2D eigenvalue weighted by molar-refractivity contribution is 7.99. The van der Waals surface area contributed by atoms with Crippen LogP contribution in [0.4, 0.5) is 0 Å². The fourth-order valence-corrected chi connectivity index (χ4v) is 4.73. The Hall–Kier alpha value is -1.89. The van der Waals surface area contributed by atoms with E-state index in [1.807, 2.05) is 47.4 Å². The van der Waals surface area contributed by atoms with Crippen molar-refractivity contribution in [2.24, 2.45) is 0 Å². The third kappa shape index (κ3) is 3.92. The summed E-state index contributed by atoms with van der Waals surface area (Å²) < 4.78 is 10.6. The molecule has 2 atom stereocenters. The van der Waals surface area contributed by atoms with Crippen molar-refractivity contribution < 1.29 is 19.4 Å². The fourth-order valence-electron chi connectivity index (χ4n) is 3.08. The zero-order valence-corrected chi connectivity index (χ0v) is 16.1. The molecule has 2 aromatic rings. The van der Waals surface area contributed by atoms with Gasteiger partial charge in [0, 0.05) is 17.3 Å². The molecule has 0 saturated carbocycles. The highest BCUT2D eigenvalue weighted by Crippen LogP contribution is 2.43. The van der Waals surface area contributed by atoms with Gasteiger partial charge in [0.2, 0.25) is 0 Å². The van der Waals surface area contributed by atoms with Crippen LogP contribution in [0, 0.1) is 0 Å². The van der Waals surface area contributed by atoms with Crippen LogP contribution in [-0.2, 0) is 11.3 Å². The molecule has 0 amide bonds. The van der Waals surface area contributed by atoms with E-state index in [0.717, 1.165) is 11.1 Å². The van der Waals surface area contributed by atoms with Crippen LogP contribution in [0.2, 0.25) is 5.02 Å². The van der Waals surface area contributed by atoms with Gasteiger partial charge in [-0.3, -0.25) is 9.69 Å². The monoisotopic (exact) mass is 393 g/mol. The molecular formula is C19H20ClNO4S. The Balaban J connectivity index is 1.91. The summed E-state index contributed by atoms with van der Waals surface area (Å²) in [5, 5.41) is 10.2. The van der Waals surface area contributed by atoms with Crippen molar-refractivity contribution in [1.82, 2.24) is 4.90 Å². The molecule has 3 rings (SSSR count). The number of carbonyl (C=O) groups is 1. The van der Waals surface area contributed by atoms with Gasteiger partial charge < -0.3 is 14.6 Å². The quantitative estimate of drug-likeness (QED) is 0.798. The number of carboxylic acids is 1. The van der Waals surface area contributed by atoms with Gasteiger partial charge in [0.1, 0.15) is 6.04 Å². The molecule has 0 bridgehead atoms. The normalized spacial score (nSPS) is 20.1. The third-order valence-corrected chi connectivity index (χ3v) is 5.95. The van der Waals surface area contributed by atoms with Gasteiger partial charge in [0.25, 0.3) is 0 Å². The van der Waals surface area contributed by atoms with E-state index in [2.05, 4.69) is 0 Å². The number of methoxy groups -OCH3 is 2. The molecule has 1 aliphatic heterocycles. The molecule has 1 aliphatic rings. The zero-order chi connectivity index (χ0) is 18.7. The van der Waals surface area contributed by atoms with Gasteiger partial charge in [0.05, 0.1) is 19.6 Å². The number of thioether (sulfide) groups is 1. The highest BCUT2D eigenvalue weighted by atomic mass is 35.5. The van der Waals surface area contributed by atoms with Gasteiger partial charge >= 0.3 is 5.97 Å². The van der Waals surface area contributed by atoms with E-state index in [4.69, 9.17) is 21.1 Å². The summed E-state index contributed by atoms with van der Waals surface area (Å²) in [4.78, 5) is 13.7. The molecular weight excluding hydrogens is 374 g/mol. The summed E-state index contributed by atoms with van der Waals surface area (Å²) >= 11 is 7.74. The minimum absolute atomic E-state index is 0.0668. The Kier molecular flexibility index (Phi) is 5.96. The minimum Gasteiger partial charge on any atom is -0.493 e. The molecule has 2 aromatic carbocycles. The number of benzene rings is 2. The van der Waals surface area contributed by atoms with E-state index in [1.54, 1.807) is 26.0 Å². The molecule has 2 unspecified atom stereocenters. The first-order valence-electron chi connectivity index (χ1n) is 8.10. The maximum Gasteiger partial charge on any atom is 0.321 e. The maximum atomic E-state index is 11.7. The largest absolute Gasteiger partial charge is 0.493 e. The van der Waals surface area contributed by atoms with Crippen LogP contribution in [0.5, 0.6) is 11.5 Å². The molecule has 5 nitrogen and oxygen atoms in total. The molecule has 0 radical (unpaired) electrons. The van der Waals surface area contributed by atoms with Crippen molar-refractivity contribution in [3.05, 3.63) is 58.6 Å². The Labute approximate surface area is 161 Å². The summed E-state index contributed by atoms with van der Waals surface area (Å²) in [6, 6.07) is 12.7. The van der Waals surface area contributed by atoms with Crippen molar-refractivity contribution in [2.75, 3.05) is 20.0 Å². The molecule has 1 heterocycles. The molecule has 138 valence electrons. The fraction of sp³-hybridized carbons (Fsp3) is 0.316. The van der Waals surface area contributed by atoms with Crippen molar-refractivity contribution in [2.45, 2.75) is 18.0 Å². The summed E-state index contributed by atoms with van der Waals surface area (Å²) in [5.74, 6) is 0.985.